The SMILES string of the molecule is CC(=O)Nc1cccc(NC(=O)CNC(=O)CCc2ccccc2)c1. The zero-order chi connectivity index (χ0) is 18.1. The zero-order valence-electron chi connectivity index (χ0n) is 14.0. The van der Waals surface area contributed by atoms with Crippen LogP contribution in [0.3, 0.4) is 0 Å². The van der Waals surface area contributed by atoms with E-state index in [1.54, 1.807) is 24.3 Å². The van der Waals surface area contributed by atoms with Crippen molar-refractivity contribution < 1.29 is 14.4 Å². The smallest absolute Gasteiger partial charge is 0.243 e. The lowest BCUT2D eigenvalue weighted by Gasteiger charge is -2.09. The molecule has 3 amide bonds. The maximum atomic E-state index is 11.9. The highest BCUT2D eigenvalue weighted by atomic mass is 16.2. The van der Waals surface area contributed by atoms with Crippen molar-refractivity contribution in [3.63, 3.8) is 0 Å². The Hall–Kier alpha value is -3.15. The maximum absolute atomic E-state index is 11.9. The van der Waals surface area contributed by atoms with Gasteiger partial charge in [-0.3, -0.25) is 14.4 Å². The topological polar surface area (TPSA) is 87.3 Å². The third-order valence-corrected chi connectivity index (χ3v) is 3.40. The number of nitrogens with one attached hydrogen (secondary N) is 3. The van der Waals surface area contributed by atoms with Gasteiger partial charge in [-0.15, -0.1) is 0 Å². The Morgan fingerprint density at radius 2 is 1.52 bits per heavy atom. The molecule has 0 radical (unpaired) electrons. The van der Waals surface area contributed by atoms with Gasteiger partial charge in [-0.05, 0) is 30.2 Å². The Balaban J connectivity index is 1.74. The average Bonchev–Trinajstić information content (AvgIpc) is 2.59. The van der Waals surface area contributed by atoms with Crippen molar-refractivity contribution in [1.82, 2.24) is 5.32 Å². The summed E-state index contributed by atoms with van der Waals surface area (Å²) in [6, 6.07) is 16.5. The van der Waals surface area contributed by atoms with E-state index in [1.165, 1.54) is 6.92 Å². The molecule has 0 unspecified atom stereocenters. The fourth-order valence-corrected chi connectivity index (χ4v) is 2.25. The third kappa shape index (κ3) is 6.87. The Kier molecular flexibility index (Phi) is 6.71. The van der Waals surface area contributed by atoms with Crippen LogP contribution in [0.2, 0.25) is 0 Å². The second-order valence-electron chi connectivity index (χ2n) is 5.57. The summed E-state index contributed by atoms with van der Waals surface area (Å²) in [6.07, 6.45) is 0.961. The highest BCUT2D eigenvalue weighted by Gasteiger charge is 2.07. The molecule has 0 fully saturated rings. The molecule has 2 rings (SSSR count). The number of hydrogen-bond donors (Lipinski definition) is 3. The number of rotatable bonds is 7. The predicted octanol–water partition coefficient (Wildman–Crippen LogP) is 2.33. The number of carbonyl (C=O) groups excluding carboxylic acids is 3. The number of hydrogen-bond acceptors (Lipinski definition) is 3. The molecule has 0 aliphatic carbocycles. The van der Waals surface area contributed by atoms with E-state index in [0.717, 1.165) is 5.56 Å². The molecule has 0 bridgehead atoms. The van der Waals surface area contributed by atoms with Crippen molar-refractivity contribution >= 4 is 29.1 Å². The number of carbonyl (C=O) groups is 3. The minimum atomic E-state index is -0.326. The molecule has 0 saturated carbocycles. The minimum absolute atomic E-state index is 0.0992. The Morgan fingerprint density at radius 1 is 0.840 bits per heavy atom. The lowest BCUT2D eigenvalue weighted by atomic mass is 10.1. The van der Waals surface area contributed by atoms with Crippen LogP contribution in [0, 0.1) is 0 Å². The summed E-state index contributed by atoms with van der Waals surface area (Å²) < 4.78 is 0. The van der Waals surface area contributed by atoms with Crippen LogP contribution in [0.4, 0.5) is 11.4 Å². The van der Waals surface area contributed by atoms with E-state index in [2.05, 4.69) is 16.0 Å². The molecule has 6 heteroatoms. The van der Waals surface area contributed by atoms with Crippen LogP contribution in [0.5, 0.6) is 0 Å². The molecule has 3 N–H and O–H groups in total. The highest BCUT2D eigenvalue weighted by molar-refractivity contribution is 5.95. The van der Waals surface area contributed by atoms with E-state index in [4.69, 9.17) is 0 Å². The van der Waals surface area contributed by atoms with Crippen molar-refractivity contribution in [2.75, 3.05) is 17.2 Å². The van der Waals surface area contributed by atoms with Gasteiger partial charge in [0.1, 0.15) is 0 Å². The second kappa shape index (κ2) is 9.22. The highest BCUT2D eigenvalue weighted by Crippen LogP contribution is 2.14. The van der Waals surface area contributed by atoms with Gasteiger partial charge >= 0.3 is 0 Å². The fourth-order valence-electron chi connectivity index (χ4n) is 2.25. The predicted molar refractivity (Wildman–Crippen MR) is 97.1 cm³/mol. The molecule has 25 heavy (non-hydrogen) atoms. The summed E-state index contributed by atoms with van der Waals surface area (Å²) in [5.74, 6) is -0.687. The lowest BCUT2D eigenvalue weighted by Crippen LogP contribution is -2.32. The van der Waals surface area contributed by atoms with Gasteiger partial charge in [0.25, 0.3) is 0 Å². The third-order valence-electron chi connectivity index (χ3n) is 3.40. The summed E-state index contributed by atoms with van der Waals surface area (Å²) in [5.41, 5.74) is 2.23. The van der Waals surface area contributed by atoms with E-state index in [0.29, 0.717) is 24.2 Å². The van der Waals surface area contributed by atoms with Gasteiger partial charge < -0.3 is 16.0 Å². The molecule has 0 aliphatic heterocycles. The average molecular weight is 339 g/mol. The molecular weight excluding hydrogens is 318 g/mol. The first-order valence-electron chi connectivity index (χ1n) is 8.01. The van der Waals surface area contributed by atoms with Gasteiger partial charge in [-0.1, -0.05) is 36.4 Å². The van der Waals surface area contributed by atoms with E-state index in [1.807, 2.05) is 30.3 Å². The molecule has 0 saturated heterocycles. The van der Waals surface area contributed by atoms with Gasteiger partial charge in [0.2, 0.25) is 17.7 Å². The number of amides is 3. The molecule has 6 nitrogen and oxygen atoms in total. The molecule has 2 aromatic carbocycles. The molecule has 2 aromatic rings. The quantitative estimate of drug-likeness (QED) is 0.723. The first-order chi connectivity index (χ1) is 12.0. The number of anilines is 2. The van der Waals surface area contributed by atoms with Gasteiger partial charge in [0.15, 0.2) is 0 Å². The van der Waals surface area contributed by atoms with Gasteiger partial charge in [-0.25, -0.2) is 0 Å². The van der Waals surface area contributed by atoms with Crippen molar-refractivity contribution in [1.29, 1.82) is 0 Å². The van der Waals surface area contributed by atoms with E-state index in [9.17, 15) is 14.4 Å². The second-order valence-corrected chi connectivity index (χ2v) is 5.57. The Morgan fingerprint density at radius 3 is 2.20 bits per heavy atom. The van der Waals surface area contributed by atoms with Crippen LogP contribution < -0.4 is 16.0 Å². The van der Waals surface area contributed by atoms with Crippen molar-refractivity contribution in [3.8, 4) is 0 Å². The molecule has 130 valence electrons. The first-order valence-corrected chi connectivity index (χ1v) is 8.01. The standard InChI is InChI=1S/C19H21N3O3/c1-14(23)21-16-8-5-9-17(12-16)22-19(25)13-20-18(24)11-10-15-6-3-2-4-7-15/h2-9,12H,10-11,13H2,1H3,(H,20,24)(H,21,23)(H,22,25). The minimum Gasteiger partial charge on any atom is -0.347 e. The normalized spacial score (nSPS) is 9.96. The summed E-state index contributed by atoms with van der Waals surface area (Å²) >= 11 is 0. The fraction of sp³-hybridized carbons (Fsp3) is 0.211. The molecule has 0 aromatic heterocycles. The zero-order valence-corrected chi connectivity index (χ0v) is 14.0. The van der Waals surface area contributed by atoms with Crippen molar-refractivity contribution in [3.05, 3.63) is 60.2 Å². The van der Waals surface area contributed by atoms with E-state index in [-0.39, 0.29) is 24.3 Å². The number of aryl methyl sites for hydroxylation is 1. The van der Waals surface area contributed by atoms with Crippen LogP contribution in [0.15, 0.2) is 54.6 Å². The van der Waals surface area contributed by atoms with E-state index >= 15 is 0 Å². The van der Waals surface area contributed by atoms with Crippen LogP contribution in [0.1, 0.15) is 18.9 Å². The summed E-state index contributed by atoms with van der Waals surface area (Å²) in [5, 5.41) is 7.92. The molecular formula is C19H21N3O3. The first kappa shape index (κ1) is 18.2. The number of benzene rings is 2. The Labute approximate surface area is 146 Å². The molecule has 0 heterocycles. The van der Waals surface area contributed by atoms with Crippen LogP contribution in [-0.4, -0.2) is 24.3 Å². The van der Waals surface area contributed by atoms with Gasteiger partial charge in [-0.2, -0.15) is 0 Å². The molecule has 0 spiro atoms. The van der Waals surface area contributed by atoms with E-state index < -0.39 is 0 Å². The summed E-state index contributed by atoms with van der Waals surface area (Å²) in [4.78, 5) is 34.8. The molecule has 0 atom stereocenters. The van der Waals surface area contributed by atoms with Crippen LogP contribution >= 0.6 is 0 Å². The maximum Gasteiger partial charge on any atom is 0.243 e. The monoisotopic (exact) mass is 339 g/mol. The van der Waals surface area contributed by atoms with Crippen molar-refractivity contribution in [2.45, 2.75) is 19.8 Å². The van der Waals surface area contributed by atoms with Gasteiger partial charge in [0, 0.05) is 24.7 Å². The van der Waals surface area contributed by atoms with Crippen LogP contribution in [0.25, 0.3) is 0 Å². The lowest BCUT2D eigenvalue weighted by molar-refractivity contribution is -0.124. The summed E-state index contributed by atoms with van der Waals surface area (Å²) in [7, 11) is 0. The van der Waals surface area contributed by atoms with Crippen molar-refractivity contribution in [2.24, 2.45) is 0 Å². The van der Waals surface area contributed by atoms with Gasteiger partial charge in [0.05, 0.1) is 6.54 Å². The Bertz CT molecular complexity index is 745. The summed E-state index contributed by atoms with van der Waals surface area (Å²) in [6.45, 7) is 1.31. The molecule has 0 aliphatic rings. The largest absolute Gasteiger partial charge is 0.347 e. The van der Waals surface area contributed by atoms with Crippen LogP contribution in [-0.2, 0) is 20.8 Å².